The van der Waals surface area contributed by atoms with Crippen LogP contribution in [-0.4, -0.2) is 31.1 Å². The Morgan fingerprint density at radius 2 is 2.11 bits per heavy atom. The standard InChI is InChI=1S/C16H25ClN2/c1-3-18-16(14-9-4-5-10-15(14)17)11-12-19(2)13-7-6-8-13/h4-5,9-10,13,16,18H,3,6-8,11-12H2,1-2H3. The summed E-state index contributed by atoms with van der Waals surface area (Å²) in [7, 11) is 2.25. The van der Waals surface area contributed by atoms with E-state index in [2.05, 4.69) is 36.3 Å². The summed E-state index contributed by atoms with van der Waals surface area (Å²) < 4.78 is 0. The third kappa shape index (κ3) is 3.95. The second-order valence-corrected chi connectivity index (χ2v) is 5.89. The van der Waals surface area contributed by atoms with Gasteiger partial charge in [-0.1, -0.05) is 43.1 Å². The average molecular weight is 281 g/mol. The van der Waals surface area contributed by atoms with Gasteiger partial charge in [-0.3, -0.25) is 0 Å². The number of rotatable bonds is 7. The fourth-order valence-electron chi connectivity index (χ4n) is 2.71. The van der Waals surface area contributed by atoms with Gasteiger partial charge in [0, 0.05) is 17.1 Å². The number of benzene rings is 1. The highest BCUT2D eigenvalue weighted by molar-refractivity contribution is 6.31. The molecule has 1 aliphatic rings. The highest BCUT2D eigenvalue weighted by Gasteiger charge is 2.22. The van der Waals surface area contributed by atoms with Crippen molar-refractivity contribution in [1.82, 2.24) is 10.2 Å². The summed E-state index contributed by atoms with van der Waals surface area (Å²) in [6.07, 6.45) is 5.25. The van der Waals surface area contributed by atoms with Crippen LogP contribution >= 0.6 is 11.6 Å². The van der Waals surface area contributed by atoms with Crippen LogP contribution in [0.4, 0.5) is 0 Å². The third-order valence-corrected chi connectivity index (χ3v) is 4.54. The topological polar surface area (TPSA) is 15.3 Å². The van der Waals surface area contributed by atoms with Gasteiger partial charge in [0.2, 0.25) is 0 Å². The summed E-state index contributed by atoms with van der Waals surface area (Å²) in [6.45, 7) is 4.26. The average Bonchev–Trinajstić information content (AvgIpc) is 2.33. The summed E-state index contributed by atoms with van der Waals surface area (Å²) in [5, 5.41) is 4.43. The summed E-state index contributed by atoms with van der Waals surface area (Å²) in [6, 6.07) is 9.36. The molecule has 1 N–H and O–H groups in total. The van der Waals surface area contributed by atoms with Crippen LogP contribution in [0.3, 0.4) is 0 Å². The quantitative estimate of drug-likeness (QED) is 0.816. The maximum atomic E-state index is 6.32. The largest absolute Gasteiger partial charge is 0.310 e. The molecule has 0 heterocycles. The molecule has 1 aromatic carbocycles. The molecule has 1 atom stereocenters. The predicted molar refractivity (Wildman–Crippen MR) is 82.8 cm³/mol. The maximum absolute atomic E-state index is 6.32. The van der Waals surface area contributed by atoms with Gasteiger partial charge in [-0.15, -0.1) is 0 Å². The molecular weight excluding hydrogens is 256 g/mol. The fourth-order valence-corrected chi connectivity index (χ4v) is 2.98. The zero-order valence-corrected chi connectivity index (χ0v) is 12.8. The lowest BCUT2D eigenvalue weighted by molar-refractivity contribution is 0.153. The lowest BCUT2D eigenvalue weighted by Crippen LogP contribution is -2.39. The Bertz CT molecular complexity index is 390. The first-order valence-corrected chi connectivity index (χ1v) is 7.78. The Morgan fingerprint density at radius 1 is 1.37 bits per heavy atom. The third-order valence-electron chi connectivity index (χ3n) is 4.20. The molecule has 0 aromatic heterocycles. The van der Waals surface area contributed by atoms with Gasteiger partial charge in [-0.25, -0.2) is 0 Å². The number of nitrogens with zero attached hydrogens (tertiary/aromatic N) is 1. The molecule has 3 heteroatoms. The lowest BCUT2D eigenvalue weighted by Gasteiger charge is -2.35. The summed E-state index contributed by atoms with van der Waals surface area (Å²) in [4.78, 5) is 2.50. The second-order valence-electron chi connectivity index (χ2n) is 5.49. The molecule has 19 heavy (non-hydrogen) atoms. The first kappa shape index (κ1) is 14.8. The van der Waals surface area contributed by atoms with Gasteiger partial charge in [0.1, 0.15) is 0 Å². The van der Waals surface area contributed by atoms with Crippen molar-refractivity contribution >= 4 is 11.6 Å². The first-order valence-electron chi connectivity index (χ1n) is 7.40. The van der Waals surface area contributed by atoms with Crippen LogP contribution in [0.1, 0.15) is 44.2 Å². The van der Waals surface area contributed by atoms with Crippen LogP contribution in [0.15, 0.2) is 24.3 Å². The van der Waals surface area contributed by atoms with Crippen molar-refractivity contribution in [2.45, 2.75) is 44.7 Å². The monoisotopic (exact) mass is 280 g/mol. The van der Waals surface area contributed by atoms with Gasteiger partial charge < -0.3 is 10.2 Å². The van der Waals surface area contributed by atoms with E-state index in [4.69, 9.17) is 11.6 Å². The number of halogens is 1. The smallest absolute Gasteiger partial charge is 0.0453 e. The Labute approximate surface area is 122 Å². The van der Waals surface area contributed by atoms with Gasteiger partial charge in [-0.05, 0) is 51.0 Å². The Hall–Kier alpha value is -0.570. The zero-order valence-electron chi connectivity index (χ0n) is 12.0. The molecule has 1 aliphatic carbocycles. The molecule has 1 unspecified atom stereocenters. The van der Waals surface area contributed by atoms with E-state index in [9.17, 15) is 0 Å². The van der Waals surface area contributed by atoms with E-state index >= 15 is 0 Å². The van der Waals surface area contributed by atoms with E-state index in [0.717, 1.165) is 30.6 Å². The minimum atomic E-state index is 0.362. The molecule has 0 spiro atoms. The normalized spacial score (nSPS) is 17.5. The highest BCUT2D eigenvalue weighted by atomic mass is 35.5. The van der Waals surface area contributed by atoms with Crippen LogP contribution in [-0.2, 0) is 0 Å². The van der Waals surface area contributed by atoms with E-state index in [-0.39, 0.29) is 0 Å². The molecule has 0 amide bonds. The maximum Gasteiger partial charge on any atom is 0.0453 e. The fraction of sp³-hybridized carbons (Fsp3) is 0.625. The van der Waals surface area contributed by atoms with Crippen molar-refractivity contribution in [1.29, 1.82) is 0 Å². The van der Waals surface area contributed by atoms with Crippen LogP contribution in [0.5, 0.6) is 0 Å². The molecule has 0 radical (unpaired) electrons. The van der Waals surface area contributed by atoms with Crippen molar-refractivity contribution in [2.24, 2.45) is 0 Å². The minimum absolute atomic E-state index is 0.362. The van der Waals surface area contributed by atoms with Gasteiger partial charge in [0.05, 0.1) is 0 Å². The molecule has 0 saturated heterocycles. The van der Waals surface area contributed by atoms with Gasteiger partial charge >= 0.3 is 0 Å². The number of hydrogen-bond donors (Lipinski definition) is 1. The van der Waals surface area contributed by atoms with Crippen LogP contribution in [0.2, 0.25) is 5.02 Å². The summed E-state index contributed by atoms with van der Waals surface area (Å²) in [5.41, 5.74) is 1.23. The Morgan fingerprint density at radius 3 is 2.68 bits per heavy atom. The molecule has 2 rings (SSSR count). The molecule has 1 saturated carbocycles. The van der Waals surface area contributed by atoms with E-state index in [1.807, 2.05) is 12.1 Å². The molecule has 1 aromatic rings. The van der Waals surface area contributed by atoms with Crippen molar-refractivity contribution in [3.05, 3.63) is 34.9 Å². The number of hydrogen-bond acceptors (Lipinski definition) is 2. The Kier molecular flexibility index (Phi) is 5.68. The molecule has 1 fully saturated rings. The molecular formula is C16H25ClN2. The van der Waals surface area contributed by atoms with E-state index in [0.29, 0.717) is 6.04 Å². The SMILES string of the molecule is CCNC(CCN(C)C1CCC1)c1ccccc1Cl. The first-order chi connectivity index (χ1) is 9.22. The van der Waals surface area contributed by atoms with E-state index in [1.54, 1.807) is 0 Å². The van der Waals surface area contributed by atoms with Crippen molar-refractivity contribution < 1.29 is 0 Å². The predicted octanol–water partition coefficient (Wildman–Crippen LogP) is 3.87. The number of nitrogens with one attached hydrogen (secondary N) is 1. The Balaban J connectivity index is 1.94. The van der Waals surface area contributed by atoms with Gasteiger partial charge in [-0.2, -0.15) is 0 Å². The molecule has 2 nitrogen and oxygen atoms in total. The van der Waals surface area contributed by atoms with Crippen LogP contribution in [0, 0.1) is 0 Å². The summed E-state index contributed by atoms with van der Waals surface area (Å²) in [5.74, 6) is 0. The second kappa shape index (κ2) is 7.28. The van der Waals surface area contributed by atoms with E-state index in [1.165, 1.54) is 24.8 Å². The molecule has 106 valence electrons. The van der Waals surface area contributed by atoms with Crippen molar-refractivity contribution in [3.8, 4) is 0 Å². The van der Waals surface area contributed by atoms with Crippen molar-refractivity contribution in [3.63, 3.8) is 0 Å². The van der Waals surface area contributed by atoms with Crippen molar-refractivity contribution in [2.75, 3.05) is 20.1 Å². The van der Waals surface area contributed by atoms with Crippen LogP contribution < -0.4 is 5.32 Å². The molecule has 0 bridgehead atoms. The minimum Gasteiger partial charge on any atom is -0.310 e. The zero-order chi connectivity index (χ0) is 13.7. The van der Waals surface area contributed by atoms with Gasteiger partial charge in [0.15, 0.2) is 0 Å². The van der Waals surface area contributed by atoms with E-state index < -0.39 is 0 Å². The lowest BCUT2D eigenvalue weighted by atomic mass is 9.91. The molecule has 0 aliphatic heterocycles. The van der Waals surface area contributed by atoms with Gasteiger partial charge in [0.25, 0.3) is 0 Å². The highest BCUT2D eigenvalue weighted by Crippen LogP contribution is 2.27. The van der Waals surface area contributed by atoms with Crippen LogP contribution in [0.25, 0.3) is 0 Å². The summed E-state index contributed by atoms with van der Waals surface area (Å²) >= 11 is 6.32.